The Morgan fingerprint density at radius 3 is 2.76 bits per heavy atom. The van der Waals surface area contributed by atoms with Crippen molar-refractivity contribution >= 4 is 56.5 Å². The minimum atomic E-state index is -0.492. The van der Waals surface area contributed by atoms with Crippen LogP contribution in [0.2, 0.25) is 0 Å². The number of methoxy groups -OCH3 is 1. The molecule has 0 aliphatic carbocycles. The number of carbonyl (C=O) groups excluding carboxylic acids is 1. The first kappa shape index (κ1) is 21.6. The van der Waals surface area contributed by atoms with Gasteiger partial charge >= 0.3 is 5.97 Å². The molecule has 0 saturated carbocycles. The number of hydrogen-bond acceptors (Lipinski definition) is 5. The first-order valence-corrected chi connectivity index (χ1v) is 10.6. The molecule has 29 heavy (non-hydrogen) atoms. The van der Waals surface area contributed by atoms with E-state index in [9.17, 15) is 4.79 Å². The zero-order valence-electron chi connectivity index (χ0n) is 16.2. The van der Waals surface area contributed by atoms with Gasteiger partial charge in [-0.3, -0.25) is 0 Å². The van der Waals surface area contributed by atoms with Gasteiger partial charge in [-0.05, 0) is 105 Å². The molecule has 2 aromatic rings. The molecule has 1 aliphatic rings. The molecule has 0 N–H and O–H groups in total. The van der Waals surface area contributed by atoms with Crippen LogP contribution >= 0.6 is 38.5 Å². The topological polar surface area (TPSA) is 57.1 Å². The lowest BCUT2D eigenvalue weighted by molar-refractivity contribution is -0.129. The van der Waals surface area contributed by atoms with E-state index in [2.05, 4.69) is 50.1 Å². The minimum Gasteiger partial charge on any atom is -0.493 e. The number of carbonyl (C=O) groups is 1. The van der Waals surface area contributed by atoms with E-state index in [4.69, 9.17) is 14.2 Å². The van der Waals surface area contributed by atoms with E-state index in [1.807, 2.05) is 38.1 Å². The number of rotatable bonds is 6. The van der Waals surface area contributed by atoms with Gasteiger partial charge in [-0.15, -0.1) is 0 Å². The van der Waals surface area contributed by atoms with Gasteiger partial charge in [-0.2, -0.15) is 0 Å². The number of aliphatic imine (C=N–C) groups is 1. The predicted molar refractivity (Wildman–Crippen MR) is 126 cm³/mol. The van der Waals surface area contributed by atoms with Crippen LogP contribution in [0.4, 0.5) is 0 Å². The van der Waals surface area contributed by atoms with Crippen LogP contribution in [0.5, 0.6) is 11.5 Å². The molecule has 0 unspecified atom stereocenters. The Balaban J connectivity index is 1.93. The Hall–Kier alpha value is -2.13. The number of nitrogens with zero attached hydrogens (tertiary/aromatic N) is 1. The number of esters is 1. The highest BCUT2D eigenvalue weighted by Crippen LogP contribution is 2.37. The second kappa shape index (κ2) is 9.13. The third kappa shape index (κ3) is 5.08. The summed E-state index contributed by atoms with van der Waals surface area (Å²) in [5.41, 5.74) is 3.71. The summed E-state index contributed by atoms with van der Waals surface area (Å²) in [7, 11) is 1.56. The van der Waals surface area contributed by atoms with Crippen molar-refractivity contribution in [1.82, 2.24) is 0 Å². The second-order valence-corrected chi connectivity index (χ2v) is 8.60. The van der Waals surface area contributed by atoms with Crippen molar-refractivity contribution in [2.24, 2.45) is 4.99 Å². The summed E-state index contributed by atoms with van der Waals surface area (Å²) < 4.78 is 18.4. The zero-order chi connectivity index (χ0) is 21.1. The van der Waals surface area contributed by atoms with Crippen molar-refractivity contribution in [1.29, 1.82) is 0 Å². The van der Waals surface area contributed by atoms with Crippen LogP contribution in [0.1, 0.15) is 23.6 Å². The maximum Gasteiger partial charge on any atom is 0.363 e. The molecule has 7 heteroatoms. The monoisotopic (exact) mass is 567 g/mol. The Morgan fingerprint density at radius 2 is 2.10 bits per heavy atom. The van der Waals surface area contributed by atoms with Gasteiger partial charge in [0.25, 0.3) is 0 Å². The molecule has 0 bridgehead atoms. The lowest BCUT2D eigenvalue weighted by atomic mass is 10.1. The molecule has 0 aromatic heterocycles. The minimum absolute atomic E-state index is 0.223. The summed E-state index contributed by atoms with van der Waals surface area (Å²) in [6.07, 6.45) is 1.66. The summed E-state index contributed by atoms with van der Waals surface area (Å²) in [6, 6.07) is 9.41. The largest absolute Gasteiger partial charge is 0.493 e. The van der Waals surface area contributed by atoms with Gasteiger partial charge in [0, 0.05) is 9.13 Å². The molecular weight excluding hydrogens is 549 g/mol. The number of halogens is 2. The van der Waals surface area contributed by atoms with E-state index in [1.165, 1.54) is 0 Å². The lowest BCUT2D eigenvalue weighted by Crippen LogP contribution is -2.05. The number of ether oxygens (including phenoxy) is 3. The summed E-state index contributed by atoms with van der Waals surface area (Å²) in [5.74, 6) is 0.920. The lowest BCUT2D eigenvalue weighted by Gasteiger charge is -2.13. The Morgan fingerprint density at radius 1 is 1.34 bits per heavy atom. The SMILES string of the molecule is C=C(C)COc1c(Br)cc(/C=C2\N=C(c3ccc(I)c(C)c3)OC2=O)cc1OC. The third-order valence-electron chi connectivity index (χ3n) is 4.04. The van der Waals surface area contributed by atoms with E-state index in [-0.39, 0.29) is 5.70 Å². The smallest absolute Gasteiger partial charge is 0.363 e. The first-order chi connectivity index (χ1) is 13.8. The summed E-state index contributed by atoms with van der Waals surface area (Å²) in [4.78, 5) is 16.7. The zero-order valence-corrected chi connectivity index (χ0v) is 20.0. The third-order valence-corrected chi connectivity index (χ3v) is 5.84. The fourth-order valence-corrected chi connectivity index (χ4v) is 3.54. The predicted octanol–water partition coefficient (Wildman–Crippen LogP) is 5.67. The first-order valence-electron chi connectivity index (χ1n) is 8.72. The van der Waals surface area contributed by atoms with Crippen molar-refractivity contribution in [2.45, 2.75) is 13.8 Å². The Kier molecular flexibility index (Phi) is 6.79. The molecule has 0 fully saturated rings. The second-order valence-electron chi connectivity index (χ2n) is 6.58. The number of cyclic esters (lactones) is 1. The summed E-state index contributed by atoms with van der Waals surface area (Å²) >= 11 is 5.76. The van der Waals surface area contributed by atoms with Crippen molar-refractivity contribution in [3.05, 3.63) is 72.9 Å². The molecule has 2 aromatic carbocycles. The normalized spacial score (nSPS) is 14.6. The highest BCUT2D eigenvalue weighted by Gasteiger charge is 2.25. The van der Waals surface area contributed by atoms with Crippen LogP contribution in [0, 0.1) is 10.5 Å². The standard InChI is InChI=1S/C22H19BrINO4/c1-12(2)11-28-20-16(23)8-14(10-19(20)27-4)9-18-22(26)29-21(25-18)15-5-6-17(24)13(3)7-15/h5-10H,1,11H2,2-4H3/b18-9-. The fraction of sp³-hybridized carbons (Fsp3) is 0.182. The van der Waals surface area contributed by atoms with Crippen molar-refractivity contribution < 1.29 is 19.0 Å². The molecule has 1 heterocycles. The molecular formula is C22H19BrINO4. The Labute approximate surface area is 191 Å². The van der Waals surface area contributed by atoms with Gasteiger partial charge in [-0.25, -0.2) is 9.79 Å². The van der Waals surface area contributed by atoms with Gasteiger partial charge in [0.2, 0.25) is 5.90 Å². The quantitative estimate of drug-likeness (QED) is 0.195. The summed E-state index contributed by atoms with van der Waals surface area (Å²) in [6.45, 7) is 8.10. The summed E-state index contributed by atoms with van der Waals surface area (Å²) in [5, 5.41) is 0. The van der Waals surface area contributed by atoms with Crippen molar-refractivity contribution in [2.75, 3.05) is 13.7 Å². The van der Waals surface area contributed by atoms with Gasteiger partial charge in [0.15, 0.2) is 17.2 Å². The molecule has 0 amide bonds. The van der Waals surface area contributed by atoms with Gasteiger partial charge < -0.3 is 14.2 Å². The van der Waals surface area contributed by atoms with Gasteiger partial charge in [0.1, 0.15) is 6.61 Å². The average Bonchev–Trinajstić information content (AvgIpc) is 3.03. The molecule has 0 spiro atoms. The van der Waals surface area contributed by atoms with Crippen molar-refractivity contribution in [3.8, 4) is 11.5 Å². The highest BCUT2D eigenvalue weighted by molar-refractivity contribution is 14.1. The van der Waals surface area contributed by atoms with E-state index in [1.54, 1.807) is 19.3 Å². The fourth-order valence-electron chi connectivity index (χ4n) is 2.63. The van der Waals surface area contributed by atoms with Crippen LogP contribution in [-0.2, 0) is 9.53 Å². The number of hydrogen-bond donors (Lipinski definition) is 0. The van der Waals surface area contributed by atoms with E-state index in [0.717, 1.165) is 25.8 Å². The Bertz CT molecular complexity index is 1060. The molecule has 150 valence electrons. The van der Waals surface area contributed by atoms with Crippen molar-refractivity contribution in [3.63, 3.8) is 0 Å². The molecule has 0 saturated heterocycles. The number of benzene rings is 2. The van der Waals surface area contributed by atoms with Gasteiger partial charge in [-0.1, -0.05) is 6.58 Å². The number of aryl methyl sites for hydroxylation is 1. The maximum absolute atomic E-state index is 12.3. The molecule has 0 atom stereocenters. The highest BCUT2D eigenvalue weighted by atomic mass is 127. The maximum atomic E-state index is 12.3. The van der Waals surface area contributed by atoms with E-state index in [0.29, 0.717) is 28.5 Å². The molecule has 5 nitrogen and oxygen atoms in total. The van der Waals surface area contributed by atoms with Crippen LogP contribution in [-0.4, -0.2) is 25.6 Å². The van der Waals surface area contributed by atoms with Gasteiger partial charge in [0.05, 0.1) is 11.6 Å². The van der Waals surface area contributed by atoms with Crippen LogP contribution in [0.15, 0.2) is 57.6 Å². The van der Waals surface area contributed by atoms with Crippen LogP contribution in [0.25, 0.3) is 6.08 Å². The van der Waals surface area contributed by atoms with E-state index < -0.39 is 5.97 Å². The molecule has 1 aliphatic heterocycles. The van der Waals surface area contributed by atoms with E-state index >= 15 is 0 Å². The van der Waals surface area contributed by atoms with Crippen LogP contribution < -0.4 is 9.47 Å². The molecule has 0 radical (unpaired) electrons. The van der Waals surface area contributed by atoms with Crippen LogP contribution in [0.3, 0.4) is 0 Å². The molecule has 3 rings (SSSR count). The average molecular weight is 568 g/mol.